The van der Waals surface area contributed by atoms with E-state index in [2.05, 4.69) is 12.1 Å². The molecule has 0 N–H and O–H groups in total. The summed E-state index contributed by atoms with van der Waals surface area (Å²) in [5.74, 6) is 2.24. The van der Waals surface area contributed by atoms with Crippen LogP contribution in [0.25, 0.3) is 5.76 Å². The highest BCUT2D eigenvalue weighted by Crippen LogP contribution is 2.40. The number of allylic oxidation sites excluding steroid dienone is 1. The van der Waals surface area contributed by atoms with Crippen LogP contribution < -0.4 is 9.47 Å². The van der Waals surface area contributed by atoms with Gasteiger partial charge in [0.05, 0.1) is 6.61 Å². The Balaban J connectivity index is 1.75. The zero-order valence-electron chi connectivity index (χ0n) is 14.5. The lowest BCUT2D eigenvalue weighted by Gasteiger charge is -2.25. The van der Waals surface area contributed by atoms with E-state index in [9.17, 15) is 4.39 Å². The maximum Gasteiger partial charge on any atom is 0.131 e. The molecule has 4 rings (SSSR count). The molecular weight excluding hydrogens is 327 g/mol. The summed E-state index contributed by atoms with van der Waals surface area (Å²) in [6.45, 7) is 2.60. The summed E-state index contributed by atoms with van der Waals surface area (Å²) in [5, 5.41) is 0. The maximum absolute atomic E-state index is 13.3. The van der Waals surface area contributed by atoms with E-state index in [1.807, 2.05) is 61.5 Å². The van der Waals surface area contributed by atoms with Gasteiger partial charge in [-0.1, -0.05) is 30.3 Å². The SMILES string of the molecule is CCOc1ccc(C2=C[C@@H](c3ccc(F)cc3)c3ccccc3O2)cc1. The molecule has 3 heteroatoms. The van der Waals surface area contributed by atoms with E-state index in [-0.39, 0.29) is 11.7 Å². The lowest BCUT2D eigenvalue weighted by Crippen LogP contribution is -2.10. The Labute approximate surface area is 152 Å². The number of para-hydroxylation sites is 1. The Bertz CT molecular complexity index is 927. The molecule has 2 nitrogen and oxygen atoms in total. The third-order valence-electron chi connectivity index (χ3n) is 4.47. The Morgan fingerprint density at radius 2 is 1.65 bits per heavy atom. The summed E-state index contributed by atoms with van der Waals surface area (Å²) >= 11 is 0. The Kier molecular flexibility index (Phi) is 4.44. The minimum Gasteiger partial charge on any atom is -0.494 e. The average molecular weight is 346 g/mol. The molecule has 1 aliphatic heterocycles. The van der Waals surface area contributed by atoms with Crippen molar-refractivity contribution in [2.45, 2.75) is 12.8 Å². The van der Waals surface area contributed by atoms with Crippen LogP contribution in [0.1, 0.15) is 29.5 Å². The molecular formula is C23H19FO2. The van der Waals surface area contributed by atoms with Crippen LogP contribution in [-0.4, -0.2) is 6.61 Å². The molecule has 0 saturated heterocycles. The molecule has 0 aliphatic carbocycles. The van der Waals surface area contributed by atoms with Crippen molar-refractivity contribution in [3.05, 3.63) is 101 Å². The van der Waals surface area contributed by atoms with E-state index in [0.717, 1.165) is 33.9 Å². The predicted octanol–water partition coefficient (Wildman–Crippen LogP) is 5.79. The predicted molar refractivity (Wildman–Crippen MR) is 101 cm³/mol. The van der Waals surface area contributed by atoms with Gasteiger partial charge in [-0.3, -0.25) is 0 Å². The minimum absolute atomic E-state index is 0.0159. The van der Waals surface area contributed by atoms with E-state index in [0.29, 0.717) is 6.61 Å². The summed E-state index contributed by atoms with van der Waals surface area (Å²) in [6.07, 6.45) is 2.09. The van der Waals surface area contributed by atoms with E-state index in [1.54, 1.807) is 0 Å². The monoisotopic (exact) mass is 346 g/mol. The molecule has 0 spiro atoms. The molecule has 1 heterocycles. The first-order valence-electron chi connectivity index (χ1n) is 8.72. The zero-order valence-corrected chi connectivity index (χ0v) is 14.5. The van der Waals surface area contributed by atoms with Crippen LogP contribution in [-0.2, 0) is 0 Å². The van der Waals surface area contributed by atoms with E-state index >= 15 is 0 Å². The third-order valence-corrected chi connectivity index (χ3v) is 4.47. The van der Waals surface area contributed by atoms with Gasteiger partial charge >= 0.3 is 0 Å². The molecule has 0 fully saturated rings. The van der Waals surface area contributed by atoms with Crippen LogP contribution in [0.4, 0.5) is 4.39 Å². The van der Waals surface area contributed by atoms with Gasteiger partial charge in [-0.25, -0.2) is 4.39 Å². The van der Waals surface area contributed by atoms with Crippen LogP contribution in [0, 0.1) is 5.82 Å². The van der Waals surface area contributed by atoms with Crippen molar-refractivity contribution in [2.24, 2.45) is 0 Å². The Morgan fingerprint density at radius 3 is 2.38 bits per heavy atom. The van der Waals surface area contributed by atoms with Crippen molar-refractivity contribution >= 4 is 5.76 Å². The number of fused-ring (bicyclic) bond motifs is 1. The molecule has 0 saturated carbocycles. The van der Waals surface area contributed by atoms with E-state index in [4.69, 9.17) is 9.47 Å². The number of hydrogen-bond donors (Lipinski definition) is 0. The van der Waals surface area contributed by atoms with Crippen LogP contribution in [0.15, 0.2) is 78.9 Å². The molecule has 0 aromatic heterocycles. The normalized spacial score (nSPS) is 15.6. The van der Waals surface area contributed by atoms with Gasteiger partial charge in [0.25, 0.3) is 0 Å². The molecule has 0 unspecified atom stereocenters. The number of halogens is 1. The summed E-state index contributed by atoms with van der Waals surface area (Å²) in [5.41, 5.74) is 3.09. The highest BCUT2D eigenvalue weighted by atomic mass is 19.1. The molecule has 3 aromatic rings. The second kappa shape index (κ2) is 7.04. The van der Waals surface area contributed by atoms with E-state index in [1.165, 1.54) is 12.1 Å². The fourth-order valence-electron chi connectivity index (χ4n) is 3.21. The Hall–Kier alpha value is -3.07. The van der Waals surface area contributed by atoms with Gasteiger partial charge in [-0.05, 0) is 61.0 Å². The molecule has 1 aliphatic rings. The van der Waals surface area contributed by atoms with Crippen LogP contribution in [0.3, 0.4) is 0 Å². The summed E-state index contributed by atoms with van der Waals surface area (Å²) in [4.78, 5) is 0. The largest absolute Gasteiger partial charge is 0.494 e. The number of benzene rings is 3. The maximum atomic E-state index is 13.3. The van der Waals surface area contributed by atoms with Crippen LogP contribution >= 0.6 is 0 Å². The number of rotatable bonds is 4. The van der Waals surface area contributed by atoms with Gasteiger partial charge in [-0.15, -0.1) is 0 Å². The number of hydrogen-bond acceptors (Lipinski definition) is 2. The molecule has 3 aromatic carbocycles. The Morgan fingerprint density at radius 1 is 0.923 bits per heavy atom. The summed E-state index contributed by atoms with van der Waals surface area (Å²) in [7, 11) is 0. The van der Waals surface area contributed by atoms with Crippen molar-refractivity contribution in [3.63, 3.8) is 0 Å². The van der Waals surface area contributed by atoms with Crippen molar-refractivity contribution in [2.75, 3.05) is 6.61 Å². The quantitative estimate of drug-likeness (QED) is 0.595. The topological polar surface area (TPSA) is 18.5 Å². The molecule has 1 atom stereocenters. The van der Waals surface area contributed by atoms with Crippen molar-refractivity contribution in [1.82, 2.24) is 0 Å². The fraction of sp³-hybridized carbons (Fsp3) is 0.130. The van der Waals surface area contributed by atoms with Gasteiger partial charge in [0.2, 0.25) is 0 Å². The molecule has 0 bridgehead atoms. The smallest absolute Gasteiger partial charge is 0.131 e. The third kappa shape index (κ3) is 3.21. The standard InChI is InChI=1S/C23H19FO2/c1-2-25-19-13-9-17(10-14-19)23-15-21(16-7-11-18(24)12-8-16)20-5-3-4-6-22(20)26-23/h3-15,21H,2H2,1H3/t21-/m0/s1. The zero-order chi connectivity index (χ0) is 17.9. The van der Waals surface area contributed by atoms with Crippen LogP contribution in [0.2, 0.25) is 0 Å². The number of ether oxygens (including phenoxy) is 2. The lowest BCUT2D eigenvalue weighted by molar-refractivity contribution is 0.340. The van der Waals surface area contributed by atoms with Gasteiger partial charge in [0.1, 0.15) is 23.1 Å². The second-order valence-corrected chi connectivity index (χ2v) is 6.16. The molecule has 0 radical (unpaired) electrons. The highest BCUT2D eigenvalue weighted by Gasteiger charge is 2.23. The fourth-order valence-corrected chi connectivity index (χ4v) is 3.21. The summed E-state index contributed by atoms with van der Waals surface area (Å²) in [6, 6.07) is 22.5. The van der Waals surface area contributed by atoms with E-state index < -0.39 is 0 Å². The lowest BCUT2D eigenvalue weighted by atomic mass is 9.88. The van der Waals surface area contributed by atoms with Gasteiger partial charge in [0.15, 0.2) is 0 Å². The van der Waals surface area contributed by atoms with Crippen molar-refractivity contribution in [1.29, 1.82) is 0 Å². The van der Waals surface area contributed by atoms with Gasteiger partial charge in [0, 0.05) is 17.0 Å². The van der Waals surface area contributed by atoms with Gasteiger partial charge < -0.3 is 9.47 Å². The first kappa shape index (κ1) is 16.4. The van der Waals surface area contributed by atoms with Crippen molar-refractivity contribution in [3.8, 4) is 11.5 Å². The van der Waals surface area contributed by atoms with Gasteiger partial charge in [-0.2, -0.15) is 0 Å². The highest BCUT2D eigenvalue weighted by molar-refractivity contribution is 5.68. The van der Waals surface area contributed by atoms with Crippen molar-refractivity contribution < 1.29 is 13.9 Å². The average Bonchev–Trinajstić information content (AvgIpc) is 2.69. The first-order valence-corrected chi connectivity index (χ1v) is 8.72. The first-order chi connectivity index (χ1) is 12.7. The minimum atomic E-state index is -0.232. The molecule has 26 heavy (non-hydrogen) atoms. The molecule has 130 valence electrons. The summed E-state index contributed by atoms with van der Waals surface area (Å²) < 4.78 is 25.0. The second-order valence-electron chi connectivity index (χ2n) is 6.16. The van der Waals surface area contributed by atoms with Crippen LogP contribution in [0.5, 0.6) is 11.5 Å². The molecule has 0 amide bonds.